The van der Waals surface area contributed by atoms with Crippen molar-refractivity contribution in [3.8, 4) is 0 Å². The van der Waals surface area contributed by atoms with Crippen molar-refractivity contribution < 1.29 is 9.90 Å². The molecule has 18 heavy (non-hydrogen) atoms. The maximum atomic E-state index is 11.0. The summed E-state index contributed by atoms with van der Waals surface area (Å²) in [5.41, 5.74) is 1.01. The molecule has 1 heterocycles. The summed E-state index contributed by atoms with van der Waals surface area (Å²) in [5.74, 6) is -0.785. The van der Waals surface area contributed by atoms with E-state index in [0.29, 0.717) is 0 Å². The Kier molecular flexibility index (Phi) is 5.28. The molecule has 1 aromatic heterocycles. The molecule has 5 heteroatoms. The quantitative estimate of drug-likeness (QED) is 0.863. The van der Waals surface area contributed by atoms with Crippen LogP contribution in [0.5, 0.6) is 0 Å². The van der Waals surface area contributed by atoms with Gasteiger partial charge in [-0.25, -0.2) is 4.98 Å². The summed E-state index contributed by atoms with van der Waals surface area (Å²) in [6.07, 6.45) is 0.930. The molecule has 4 nitrogen and oxygen atoms in total. The van der Waals surface area contributed by atoms with Crippen molar-refractivity contribution in [2.24, 2.45) is 0 Å². The third-order valence-corrected chi connectivity index (χ3v) is 4.21. The highest BCUT2D eigenvalue weighted by Crippen LogP contribution is 2.28. The van der Waals surface area contributed by atoms with Crippen LogP contribution in [0.3, 0.4) is 0 Å². The zero-order valence-corrected chi connectivity index (χ0v) is 12.5. The van der Waals surface area contributed by atoms with Crippen LogP contribution >= 0.6 is 11.3 Å². The van der Waals surface area contributed by atoms with Crippen LogP contribution in [0, 0.1) is 13.8 Å². The minimum Gasteiger partial charge on any atom is -0.480 e. The second-order valence-corrected chi connectivity index (χ2v) is 6.08. The Bertz CT molecular complexity index is 417. The van der Waals surface area contributed by atoms with Crippen LogP contribution in [0.1, 0.15) is 48.8 Å². The topological polar surface area (TPSA) is 53.4 Å². The Balaban J connectivity index is 2.97. The van der Waals surface area contributed by atoms with Gasteiger partial charge in [-0.1, -0.05) is 6.92 Å². The third kappa shape index (κ3) is 3.53. The molecular formula is C13H22N2O2S. The van der Waals surface area contributed by atoms with E-state index in [-0.39, 0.29) is 18.6 Å². The highest BCUT2D eigenvalue weighted by molar-refractivity contribution is 7.11. The maximum absolute atomic E-state index is 11.0. The summed E-state index contributed by atoms with van der Waals surface area (Å²) in [4.78, 5) is 18.7. The van der Waals surface area contributed by atoms with Gasteiger partial charge in [-0.3, -0.25) is 9.69 Å². The standard InChI is InChI=1S/C13H22N2O2S/c1-6-8(2)15(7-12(16)17)9(3)13-10(4)18-11(5)14-13/h8-9H,6-7H2,1-5H3,(H,16,17). The lowest BCUT2D eigenvalue weighted by molar-refractivity contribution is -0.139. The molecule has 0 aromatic carbocycles. The van der Waals surface area contributed by atoms with E-state index in [1.54, 1.807) is 11.3 Å². The predicted molar refractivity (Wildman–Crippen MR) is 74.1 cm³/mol. The van der Waals surface area contributed by atoms with E-state index in [4.69, 9.17) is 5.11 Å². The Labute approximate surface area is 113 Å². The molecular weight excluding hydrogens is 248 g/mol. The molecule has 0 fully saturated rings. The van der Waals surface area contributed by atoms with E-state index >= 15 is 0 Å². The van der Waals surface area contributed by atoms with Gasteiger partial charge in [-0.15, -0.1) is 11.3 Å². The van der Waals surface area contributed by atoms with E-state index in [2.05, 4.69) is 18.8 Å². The molecule has 0 saturated carbocycles. The Morgan fingerprint density at radius 1 is 1.44 bits per heavy atom. The van der Waals surface area contributed by atoms with Gasteiger partial charge in [0.1, 0.15) is 0 Å². The number of aliphatic carboxylic acids is 1. The first-order valence-corrected chi connectivity index (χ1v) is 7.09. The van der Waals surface area contributed by atoms with Gasteiger partial charge in [0.2, 0.25) is 0 Å². The number of nitrogens with zero attached hydrogens (tertiary/aromatic N) is 2. The number of hydrogen-bond donors (Lipinski definition) is 1. The van der Waals surface area contributed by atoms with Crippen LogP contribution in [-0.2, 0) is 4.79 Å². The molecule has 1 aromatic rings. The van der Waals surface area contributed by atoms with Crippen LogP contribution in [0.4, 0.5) is 0 Å². The monoisotopic (exact) mass is 270 g/mol. The smallest absolute Gasteiger partial charge is 0.317 e. The largest absolute Gasteiger partial charge is 0.480 e. The van der Waals surface area contributed by atoms with Crippen molar-refractivity contribution in [2.75, 3.05) is 6.54 Å². The van der Waals surface area contributed by atoms with Gasteiger partial charge in [0.15, 0.2) is 0 Å². The fourth-order valence-corrected chi connectivity index (χ4v) is 3.06. The van der Waals surface area contributed by atoms with Gasteiger partial charge >= 0.3 is 5.97 Å². The van der Waals surface area contributed by atoms with Crippen molar-refractivity contribution in [3.05, 3.63) is 15.6 Å². The zero-order valence-electron chi connectivity index (χ0n) is 11.7. The molecule has 1 rings (SSSR count). The molecule has 0 radical (unpaired) electrons. The van der Waals surface area contributed by atoms with E-state index in [1.807, 2.05) is 25.7 Å². The molecule has 0 spiro atoms. The molecule has 0 aliphatic heterocycles. The Morgan fingerprint density at radius 2 is 2.06 bits per heavy atom. The number of thiazole rings is 1. The van der Waals surface area contributed by atoms with E-state index in [9.17, 15) is 4.79 Å². The number of aromatic nitrogens is 1. The fourth-order valence-electron chi connectivity index (χ4n) is 2.15. The van der Waals surface area contributed by atoms with Gasteiger partial charge in [0.05, 0.1) is 23.3 Å². The minimum atomic E-state index is -0.785. The van der Waals surface area contributed by atoms with Crippen molar-refractivity contribution in [1.29, 1.82) is 0 Å². The molecule has 0 bridgehead atoms. The van der Waals surface area contributed by atoms with E-state index < -0.39 is 5.97 Å². The lowest BCUT2D eigenvalue weighted by Gasteiger charge is -2.32. The van der Waals surface area contributed by atoms with Crippen molar-refractivity contribution in [3.63, 3.8) is 0 Å². The predicted octanol–water partition coefficient (Wildman–Crippen LogP) is 3.01. The van der Waals surface area contributed by atoms with Gasteiger partial charge in [-0.05, 0) is 34.1 Å². The van der Waals surface area contributed by atoms with Crippen LogP contribution in [0.2, 0.25) is 0 Å². The van der Waals surface area contributed by atoms with Gasteiger partial charge < -0.3 is 5.11 Å². The van der Waals surface area contributed by atoms with Gasteiger partial charge in [0.25, 0.3) is 0 Å². The Hall–Kier alpha value is -0.940. The summed E-state index contributed by atoms with van der Waals surface area (Å²) in [7, 11) is 0. The number of carboxylic acid groups (broad SMARTS) is 1. The van der Waals surface area contributed by atoms with Crippen LogP contribution in [0.25, 0.3) is 0 Å². The van der Waals surface area contributed by atoms with Gasteiger partial charge in [-0.2, -0.15) is 0 Å². The van der Waals surface area contributed by atoms with Crippen molar-refractivity contribution in [2.45, 2.75) is 53.1 Å². The number of hydrogen-bond acceptors (Lipinski definition) is 4. The lowest BCUT2D eigenvalue weighted by atomic mass is 10.1. The Morgan fingerprint density at radius 3 is 2.44 bits per heavy atom. The molecule has 0 aliphatic rings. The highest BCUT2D eigenvalue weighted by atomic mass is 32.1. The number of carboxylic acids is 1. The number of rotatable bonds is 6. The second kappa shape index (κ2) is 6.29. The van der Waals surface area contributed by atoms with Crippen LogP contribution in [-0.4, -0.2) is 33.5 Å². The first kappa shape index (κ1) is 15.1. The number of aryl methyl sites for hydroxylation is 2. The molecule has 0 aliphatic carbocycles. The first-order valence-electron chi connectivity index (χ1n) is 6.28. The van der Waals surface area contributed by atoms with E-state index in [1.165, 1.54) is 4.88 Å². The summed E-state index contributed by atoms with van der Waals surface area (Å²) in [6.45, 7) is 10.3. The second-order valence-electron chi connectivity index (χ2n) is 4.67. The minimum absolute atomic E-state index is 0.0426. The average molecular weight is 270 g/mol. The fraction of sp³-hybridized carbons (Fsp3) is 0.692. The third-order valence-electron chi connectivity index (χ3n) is 3.31. The van der Waals surface area contributed by atoms with Crippen LogP contribution < -0.4 is 0 Å². The summed E-state index contributed by atoms with van der Waals surface area (Å²) < 4.78 is 0. The zero-order chi connectivity index (χ0) is 13.9. The highest BCUT2D eigenvalue weighted by Gasteiger charge is 2.25. The van der Waals surface area contributed by atoms with Crippen molar-refractivity contribution >= 4 is 17.3 Å². The lowest BCUT2D eigenvalue weighted by Crippen LogP contribution is -2.39. The molecule has 102 valence electrons. The van der Waals surface area contributed by atoms with Gasteiger partial charge in [0, 0.05) is 10.9 Å². The molecule has 0 amide bonds. The first-order chi connectivity index (χ1) is 8.36. The van der Waals surface area contributed by atoms with E-state index in [0.717, 1.165) is 17.1 Å². The SMILES string of the molecule is CCC(C)N(CC(=O)O)C(C)c1nc(C)sc1C. The molecule has 2 atom stereocenters. The number of carbonyl (C=O) groups is 1. The summed E-state index contributed by atoms with van der Waals surface area (Å²) >= 11 is 1.67. The average Bonchev–Trinajstić information content (AvgIpc) is 2.63. The molecule has 0 saturated heterocycles. The van der Waals surface area contributed by atoms with Crippen LogP contribution in [0.15, 0.2) is 0 Å². The summed E-state index contributed by atoms with van der Waals surface area (Å²) in [6, 6.07) is 0.276. The maximum Gasteiger partial charge on any atom is 0.317 e. The molecule has 2 unspecified atom stereocenters. The normalized spacial score (nSPS) is 14.8. The molecule has 1 N–H and O–H groups in total. The summed E-state index contributed by atoms with van der Waals surface area (Å²) in [5, 5.41) is 10.1. The van der Waals surface area contributed by atoms with Crippen molar-refractivity contribution in [1.82, 2.24) is 9.88 Å².